The summed E-state index contributed by atoms with van der Waals surface area (Å²) in [5.74, 6) is 0.480. The quantitative estimate of drug-likeness (QED) is 0.743. The first-order valence-electron chi connectivity index (χ1n) is 5.56. The van der Waals surface area contributed by atoms with E-state index in [1.807, 2.05) is 6.92 Å². The van der Waals surface area contributed by atoms with E-state index in [-0.39, 0.29) is 31.0 Å². The summed E-state index contributed by atoms with van der Waals surface area (Å²) in [7, 11) is 1.79. The predicted molar refractivity (Wildman–Crippen MR) is 68.8 cm³/mol. The van der Waals surface area contributed by atoms with Crippen molar-refractivity contribution in [2.24, 2.45) is 11.7 Å². The van der Waals surface area contributed by atoms with Crippen LogP contribution in [-0.2, 0) is 9.53 Å². The van der Waals surface area contributed by atoms with Gasteiger partial charge >= 0.3 is 0 Å². The van der Waals surface area contributed by atoms with Crippen LogP contribution in [0.15, 0.2) is 0 Å². The first-order chi connectivity index (χ1) is 6.99. The van der Waals surface area contributed by atoms with Crippen molar-refractivity contribution < 1.29 is 9.53 Å². The fourth-order valence-electron chi connectivity index (χ4n) is 1.10. The molecule has 0 aliphatic rings. The number of amides is 1. The number of likely N-dealkylation sites (N-methyl/N-ethyl adjacent to an activating group) is 1. The number of ether oxygens (including phenoxy) is 1. The third-order valence-electron chi connectivity index (χ3n) is 2.51. The summed E-state index contributed by atoms with van der Waals surface area (Å²) in [5.41, 5.74) is 5.90. The number of hydrogen-bond donors (Lipinski definition) is 1. The van der Waals surface area contributed by atoms with Crippen molar-refractivity contribution >= 4 is 18.3 Å². The largest absolute Gasteiger partial charge is 0.372 e. The molecule has 16 heavy (non-hydrogen) atoms. The van der Waals surface area contributed by atoms with Crippen LogP contribution < -0.4 is 5.73 Å². The lowest BCUT2D eigenvalue weighted by Gasteiger charge is -2.21. The molecular weight excluding hydrogens is 228 g/mol. The van der Waals surface area contributed by atoms with Crippen LogP contribution in [0.5, 0.6) is 0 Å². The van der Waals surface area contributed by atoms with Crippen LogP contribution in [-0.4, -0.2) is 43.7 Å². The van der Waals surface area contributed by atoms with Crippen LogP contribution >= 0.6 is 12.4 Å². The molecule has 0 aromatic carbocycles. The van der Waals surface area contributed by atoms with Crippen LogP contribution in [0.2, 0.25) is 0 Å². The summed E-state index contributed by atoms with van der Waals surface area (Å²) in [5, 5.41) is 0. The fourth-order valence-corrected chi connectivity index (χ4v) is 1.10. The number of rotatable bonds is 7. The Hall–Kier alpha value is -0.320. The van der Waals surface area contributed by atoms with Gasteiger partial charge in [0, 0.05) is 26.2 Å². The highest BCUT2D eigenvalue weighted by Gasteiger charge is 2.12. The van der Waals surface area contributed by atoms with Crippen molar-refractivity contribution in [3.8, 4) is 0 Å². The topological polar surface area (TPSA) is 55.6 Å². The number of halogens is 1. The van der Waals surface area contributed by atoms with Gasteiger partial charge in [0.2, 0.25) is 5.91 Å². The molecule has 0 saturated heterocycles. The maximum atomic E-state index is 11.4. The normalized spacial score (nSPS) is 12.1. The predicted octanol–water partition coefficient (Wildman–Crippen LogP) is 1.28. The Kier molecular flexibility index (Phi) is 11.1. The minimum absolute atomic E-state index is 0. The molecule has 0 aromatic rings. The third-order valence-corrected chi connectivity index (χ3v) is 2.51. The highest BCUT2D eigenvalue weighted by atomic mass is 35.5. The molecule has 0 spiro atoms. The maximum absolute atomic E-state index is 11.4. The molecule has 0 aliphatic heterocycles. The van der Waals surface area contributed by atoms with E-state index in [2.05, 4.69) is 13.8 Å². The van der Waals surface area contributed by atoms with Crippen LogP contribution in [0.3, 0.4) is 0 Å². The van der Waals surface area contributed by atoms with Crippen molar-refractivity contribution in [2.45, 2.75) is 33.2 Å². The number of carbonyl (C=O) groups is 1. The first-order valence-corrected chi connectivity index (χ1v) is 5.56. The van der Waals surface area contributed by atoms with Gasteiger partial charge in [0.1, 0.15) is 6.61 Å². The Morgan fingerprint density at radius 3 is 2.44 bits per heavy atom. The summed E-state index contributed by atoms with van der Waals surface area (Å²) in [6, 6.07) is 0.160. The molecule has 0 saturated carbocycles. The van der Waals surface area contributed by atoms with E-state index in [9.17, 15) is 4.79 Å². The molecule has 2 N–H and O–H groups in total. The van der Waals surface area contributed by atoms with E-state index >= 15 is 0 Å². The Balaban J connectivity index is 0. The lowest BCUT2D eigenvalue weighted by molar-refractivity contribution is -0.134. The second kappa shape index (κ2) is 9.87. The summed E-state index contributed by atoms with van der Waals surface area (Å²) >= 11 is 0. The van der Waals surface area contributed by atoms with Crippen molar-refractivity contribution in [1.29, 1.82) is 0 Å². The van der Waals surface area contributed by atoms with Gasteiger partial charge in [-0.05, 0) is 19.3 Å². The second-order valence-electron chi connectivity index (χ2n) is 4.15. The molecule has 1 unspecified atom stereocenters. The average Bonchev–Trinajstić information content (AvgIpc) is 2.21. The minimum Gasteiger partial charge on any atom is -0.372 e. The Morgan fingerprint density at radius 2 is 2.00 bits per heavy atom. The van der Waals surface area contributed by atoms with Crippen molar-refractivity contribution in [3.05, 3.63) is 0 Å². The standard InChI is InChI=1S/C11H24N2O2.ClH/c1-5-15-8-11(14)13(4)7-6-10(12)9(2)3;/h9-10H,5-8,12H2,1-4H3;1H. The van der Waals surface area contributed by atoms with Gasteiger partial charge in [-0.15, -0.1) is 12.4 Å². The minimum atomic E-state index is 0. The average molecular weight is 253 g/mol. The van der Waals surface area contributed by atoms with Gasteiger partial charge in [0.05, 0.1) is 0 Å². The van der Waals surface area contributed by atoms with E-state index in [1.54, 1.807) is 11.9 Å². The third kappa shape index (κ3) is 7.91. The van der Waals surface area contributed by atoms with Crippen molar-refractivity contribution in [2.75, 3.05) is 26.8 Å². The molecule has 0 aliphatic carbocycles. The van der Waals surface area contributed by atoms with E-state index in [4.69, 9.17) is 10.5 Å². The van der Waals surface area contributed by atoms with Crippen molar-refractivity contribution in [1.82, 2.24) is 4.90 Å². The molecule has 0 aromatic heterocycles. The second-order valence-corrected chi connectivity index (χ2v) is 4.15. The monoisotopic (exact) mass is 252 g/mol. The van der Waals surface area contributed by atoms with Gasteiger partial charge in [0.25, 0.3) is 0 Å². The lowest BCUT2D eigenvalue weighted by atomic mass is 10.0. The number of hydrogen-bond acceptors (Lipinski definition) is 3. The summed E-state index contributed by atoms with van der Waals surface area (Å²) in [6.07, 6.45) is 0.839. The van der Waals surface area contributed by atoms with E-state index in [1.165, 1.54) is 0 Å². The van der Waals surface area contributed by atoms with Gasteiger partial charge in [-0.3, -0.25) is 4.79 Å². The molecule has 0 rings (SSSR count). The summed E-state index contributed by atoms with van der Waals surface area (Å²) in [4.78, 5) is 13.1. The summed E-state index contributed by atoms with van der Waals surface area (Å²) in [6.45, 7) is 7.50. The molecular formula is C11H25ClN2O2. The van der Waals surface area contributed by atoms with Gasteiger partial charge in [0.15, 0.2) is 0 Å². The molecule has 0 fully saturated rings. The molecule has 0 radical (unpaired) electrons. The highest BCUT2D eigenvalue weighted by molar-refractivity contribution is 5.85. The Labute approximate surface area is 105 Å². The zero-order chi connectivity index (χ0) is 11.8. The van der Waals surface area contributed by atoms with Gasteiger partial charge in [-0.2, -0.15) is 0 Å². The highest BCUT2D eigenvalue weighted by Crippen LogP contribution is 2.03. The van der Waals surface area contributed by atoms with Crippen LogP contribution in [0.1, 0.15) is 27.2 Å². The Bertz CT molecular complexity index is 189. The zero-order valence-electron chi connectivity index (χ0n) is 10.7. The zero-order valence-corrected chi connectivity index (χ0v) is 11.5. The van der Waals surface area contributed by atoms with Gasteiger partial charge in [-0.25, -0.2) is 0 Å². The molecule has 0 bridgehead atoms. The molecule has 5 heteroatoms. The molecule has 4 nitrogen and oxygen atoms in total. The smallest absolute Gasteiger partial charge is 0.248 e. The number of nitrogens with zero attached hydrogens (tertiary/aromatic N) is 1. The first kappa shape index (κ1) is 18.1. The van der Waals surface area contributed by atoms with E-state index in [0.29, 0.717) is 19.1 Å². The van der Waals surface area contributed by atoms with E-state index < -0.39 is 0 Å². The van der Waals surface area contributed by atoms with E-state index in [0.717, 1.165) is 6.42 Å². The molecule has 0 heterocycles. The van der Waals surface area contributed by atoms with Crippen molar-refractivity contribution in [3.63, 3.8) is 0 Å². The lowest BCUT2D eigenvalue weighted by Crippen LogP contribution is -2.36. The fraction of sp³-hybridized carbons (Fsp3) is 0.909. The van der Waals surface area contributed by atoms with Gasteiger partial charge in [-0.1, -0.05) is 13.8 Å². The molecule has 1 amide bonds. The maximum Gasteiger partial charge on any atom is 0.248 e. The number of nitrogens with two attached hydrogens (primary N) is 1. The van der Waals surface area contributed by atoms with Crippen LogP contribution in [0.4, 0.5) is 0 Å². The van der Waals surface area contributed by atoms with Crippen LogP contribution in [0.25, 0.3) is 0 Å². The number of carbonyl (C=O) groups excluding carboxylic acids is 1. The van der Waals surface area contributed by atoms with Gasteiger partial charge < -0.3 is 15.4 Å². The molecule has 1 atom stereocenters. The Morgan fingerprint density at radius 1 is 1.44 bits per heavy atom. The van der Waals surface area contributed by atoms with Crippen LogP contribution in [0, 0.1) is 5.92 Å². The summed E-state index contributed by atoms with van der Waals surface area (Å²) < 4.78 is 5.05. The SMILES string of the molecule is CCOCC(=O)N(C)CCC(N)C(C)C.Cl. The molecule has 98 valence electrons.